The molecule has 0 bridgehead atoms. The summed E-state index contributed by atoms with van der Waals surface area (Å²) in [5.41, 5.74) is 0.671. The van der Waals surface area contributed by atoms with E-state index in [9.17, 15) is 9.90 Å². The summed E-state index contributed by atoms with van der Waals surface area (Å²) >= 11 is 0. The highest BCUT2D eigenvalue weighted by Crippen LogP contribution is 2.16. The minimum atomic E-state index is -0.484. The first kappa shape index (κ1) is 16.0. The van der Waals surface area contributed by atoms with E-state index in [4.69, 9.17) is 4.74 Å². The number of carbonyl (C=O) groups is 1. The third-order valence-corrected chi connectivity index (χ3v) is 3.91. The fraction of sp³-hybridized carbons (Fsp3) is 0.588. The molecule has 0 unspecified atom stereocenters. The zero-order valence-electron chi connectivity index (χ0n) is 12.9. The van der Waals surface area contributed by atoms with Crippen molar-refractivity contribution in [2.24, 2.45) is 5.92 Å². The van der Waals surface area contributed by atoms with Crippen LogP contribution in [0.2, 0.25) is 0 Å². The van der Waals surface area contributed by atoms with E-state index in [-0.39, 0.29) is 12.4 Å². The van der Waals surface area contributed by atoms with Crippen molar-refractivity contribution in [3.63, 3.8) is 0 Å². The highest BCUT2D eigenvalue weighted by atomic mass is 16.5. The average molecular weight is 291 g/mol. The van der Waals surface area contributed by atoms with Gasteiger partial charge in [-0.15, -0.1) is 0 Å². The Kier molecular flexibility index (Phi) is 5.76. The zero-order valence-corrected chi connectivity index (χ0v) is 12.9. The molecule has 1 fully saturated rings. The van der Waals surface area contributed by atoms with Gasteiger partial charge in [0.25, 0.3) is 0 Å². The summed E-state index contributed by atoms with van der Waals surface area (Å²) in [7, 11) is 0. The first-order valence-corrected chi connectivity index (χ1v) is 7.69. The lowest BCUT2D eigenvalue weighted by Crippen LogP contribution is -2.41. The monoisotopic (exact) mass is 291 g/mol. The molecule has 1 N–H and O–H groups in total. The molecule has 116 valence electrons. The highest BCUT2D eigenvalue weighted by molar-refractivity contribution is 5.94. The number of aliphatic hydroxyl groups excluding tert-OH is 1. The molecule has 1 aliphatic heterocycles. The number of ketones is 1. The van der Waals surface area contributed by atoms with Crippen molar-refractivity contribution in [1.29, 1.82) is 0 Å². The summed E-state index contributed by atoms with van der Waals surface area (Å²) in [5.74, 6) is 1.44. The van der Waals surface area contributed by atoms with Crippen LogP contribution in [-0.2, 0) is 0 Å². The number of benzene rings is 1. The van der Waals surface area contributed by atoms with Gasteiger partial charge in [-0.3, -0.25) is 4.79 Å². The molecule has 0 spiro atoms. The van der Waals surface area contributed by atoms with Crippen molar-refractivity contribution in [3.8, 4) is 5.75 Å². The van der Waals surface area contributed by atoms with Crippen LogP contribution in [0.1, 0.15) is 37.0 Å². The number of hydrogen-bond donors (Lipinski definition) is 1. The van der Waals surface area contributed by atoms with Gasteiger partial charge in [0.05, 0.1) is 0 Å². The Balaban J connectivity index is 1.75. The maximum Gasteiger partial charge on any atom is 0.159 e. The van der Waals surface area contributed by atoms with Gasteiger partial charge in [0.2, 0.25) is 0 Å². The van der Waals surface area contributed by atoms with Crippen molar-refractivity contribution in [3.05, 3.63) is 29.8 Å². The van der Waals surface area contributed by atoms with Gasteiger partial charge in [0, 0.05) is 18.7 Å². The van der Waals surface area contributed by atoms with E-state index in [0.717, 1.165) is 13.1 Å². The van der Waals surface area contributed by atoms with Gasteiger partial charge in [0.15, 0.2) is 5.78 Å². The number of rotatable bonds is 6. The molecule has 1 heterocycles. The van der Waals surface area contributed by atoms with Crippen LogP contribution in [0, 0.1) is 5.92 Å². The summed E-state index contributed by atoms with van der Waals surface area (Å²) in [6.07, 6.45) is 2.01. The van der Waals surface area contributed by atoms with Crippen molar-refractivity contribution >= 4 is 5.78 Å². The Labute approximate surface area is 126 Å². The summed E-state index contributed by atoms with van der Waals surface area (Å²) in [4.78, 5) is 13.5. The second-order valence-corrected chi connectivity index (χ2v) is 6.05. The van der Waals surface area contributed by atoms with Crippen LogP contribution in [0.4, 0.5) is 0 Å². The molecular weight excluding hydrogens is 266 g/mol. The number of carbonyl (C=O) groups excluding carboxylic acids is 1. The molecule has 0 aliphatic carbocycles. The van der Waals surface area contributed by atoms with Gasteiger partial charge in [0.1, 0.15) is 18.5 Å². The molecule has 4 nitrogen and oxygen atoms in total. The Morgan fingerprint density at radius 3 is 2.76 bits per heavy atom. The number of nitrogens with zero attached hydrogens (tertiary/aromatic N) is 1. The summed E-state index contributed by atoms with van der Waals surface area (Å²) in [6, 6.07) is 7.03. The molecule has 1 saturated heterocycles. The smallest absolute Gasteiger partial charge is 0.159 e. The molecule has 0 amide bonds. The van der Waals surface area contributed by atoms with E-state index >= 15 is 0 Å². The van der Waals surface area contributed by atoms with Crippen LogP contribution < -0.4 is 4.74 Å². The minimum absolute atomic E-state index is 0.0424. The molecule has 21 heavy (non-hydrogen) atoms. The maximum atomic E-state index is 11.2. The predicted octanol–water partition coefficient (Wildman–Crippen LogP) is 2.36. The van der Waals surface area contributed by atoms with Gasteiger partial charge in [-0.05, 0) is 56.5 Å². The van der Waals surface area contributed by atoms with Crippen LogP contribution >= 0.6 is 0 Å². The number of β-amino-alcohol motifs (C(OH)–C–C–N with tert-alkyl or cyclic N) is 1. The average Bonchev–Trinajstić information content (AvgIpc) is 2.45. The van der Waals surface area contributed by atoms with E-state index < -0.39 is 6.10 Å². The summed E-state index contributed by atoms with van der Waals surface area (Å²) in [6.45, 7) is 6.87. The predicted molar refractivity (Wildman–Crippen MR) is 82.8 cm³/mol. The van der Waals surface area contributed by atoms with E-state index in [0.29, 0.717) is 23.8 Å². The Morgan fingerprint density at radius 2 is 2.14 bits per heavy atom. The molecule has 0 radical (unpaired) electrons. The zero-order chi connectivity index (χ0) is 15.2. The van der Waals surface area contributed by atoms with Crippen LogP contribution in [0.3, 0.4) is 0 Å². The lowest BCUT2D eigenvalue weighted by Gasteiger charge is -2.32. The van der Waals surface area contributed by atoms with Crippen LogP contribution in [0.5, 0.6) is 5.75 Å². The molecule has 1 aromatic rings. The van der Waals surface area contributed by atoms with Crippen LogP contribution in [0.15, 0.2) is 24.3 Å². The highest BCUT2D eigenvalue weighted by Gasteiger charge is 2.19. The fourth-order valence-corrected chi connectivity index (χ4v) is 2.78. The molecule has 0 aromatic heterocycles. The van der Waals surface area contributed by atoms with Gasteiger partial charge in [-0.1, -0.05) is 6.92 Å². The molecule has 1 aromatic carbocycles. The SMILES string of the molecule is CC(=O)c1ccc(OC[C@@H](O)CN2CCC[C@H](C)C2)cc1. The number of ether oxygens (including phenoxy) is 1. The lowest BCUT2D eigenvalue weighted by molar-refractivity contribution is 0.0537. The molecule has 2 rings (SSSR count). The first-order valence-electron chi connectivity index (χ1n) is 7.69. The van der Waals surface area contributed by atoms with Crippen molar-refractivity contribution in [2.45, 2.75) is 32.8 Å². The number of hydrogen-bond acceptors (Lipinski definition) is 4. The van der Waals surface area contributed by atoms with Crippen LogP contribution in [0.25, 0.3) is 0 Å². The minimum Gasteiger partial charge on any atom is -0.491 e. The fourth-order valence-electron chi connectivity index (χ4n) is 2.78. The number of piperidine rings is 1. The number of Topliss-reactive ketones (excluding diaryl/α,β-unsaturated/α-hetero) is 1. The molecule has 0 saturated carbocycles. The second kappa shape index (κ2) is 7.57. The largest absolute Gasteiger partial charge is 0.491 e. The molecule has 1 aliphatic rings. The summed E-state index contributed by atoms with van der Waals surface area (Å²) < 4.78 is 5.58. The molecular formula is C17H25NO3. The van der Waals surface area contributed by atoms with Gasteiger partial charge >= 0.3 is 0 Å². The number of likely N-dealkylation sites (tertiary alicyclic amines) is 1. The van der Waals surface area contributed by atoms with Gasteiger partial charge in [-0.2, -0.15) is 0 Å². The number of aliphatic hydroxyl groups is 1. The quantitative estimate of drug-likeness (QED) is 0.818. The second-order valence-electron chi connectivity index (χ2n) is 6.05. The van der Waals surface area contributed by atoms with Crippen LogP contribution in [-0.4, -0.2) is 48.1 Å². The first-order chi connectivity index (χ1) is 10.0. The van der Waals surface area contributed by atoms with E-state index in [1.54, 1.807) is 31.2 Å². The molecule has 2 atom stereocenters. The Morgan fingerprint density at radius 1 is 1.43 bits per heavy atom. The molecule has 4 heteroatoms. The van der Waals surface area contributed by atoms with Crippen molar-refractivity contribution in [2.75, 3.05) is 26.2 Å². The van der Waals surface area contributed by atoms with Crippen molar-refractivity contribution in [1.82, 2.24) is 4.90 Å². The Hall–Kier alpha value is -1.39. The Bertz CT molecular complexity index is 458. The standard InChI is InChI=1S/C17H25NO3/c1-13-4-3-9-18(10-13)11-16(20)12-21-17-7-5-15(6-8-17)14(2)19/h5-8,13,16,20H,3-4,9-12H2,1-2H3/t13-,16-/m0/s1. The topological polar surface area (TPSA) is 49.8 Å². The summed E-state index contributed by atoms with van der Waals surface area (Å²) in [5, 5.41) is 10.1. The van der Waals surface area contributed by atoms with Gasteiger partial charge < -0.3 is 14.7 Å². The lowest BCUT2D eigenvalue weighted by atomic mass is 10.0. The van der Waals surface area contributed by atoms with Gasteiger partial charge in [-0.25, -0.2) is 0 Å². The van der Waals surface area contributed by atoms with E-state index in [1.807, 2.05) is 0 Å². The third-order valence-electron chi connectivity index (χ3n) is 3.91. The third kappa shape index (κ3) is 5.14. The van der Waals surface area contributed by atoms with E-state index in [1.165, 1.54) is 12.8 Å². The maximum absolute atomic E-state index is 11.2. The van der Waals surface area contributed by atoms with Crippen molar-refractivity contribution < 1.29 is 14.6 Å². The van der Waals surface area contributed by atoms with E-state index in [2.05, 4.69) is 11.8 Å². The normalized spacial score (nSPS) is 21.0.